The second-order valence-corrected chi connectivity index (χ2v) is 3.74. The number of alkyl halides is 3. The lowest BCUT2D eigenvalue weighted by Crippen LogP contribution is -2.22. The maximum Gasteiger partial charge on any atom is 0.419 e. The van der Waals surface area contributed by atoms with Crippen LogP contribution in [0.3, 0.4) is 0 Å². The predicted octanol–water partition coefficient (Wildman–Crippen LogP) is 2.27. The van der Waals surface area contributed by atoms with E-state index in [-0.39, 0.29) is 25.3 Å². The van der Waals surface area contributed by atoms with E-state index >= 15 is 0 Å². The number of hydrogen-bond acceptors (Lipinski definition) is 2. The normalized spacial score (nSPS) is 12.2. The van der Waals surface area contributed by atoms with Gasteiger partial charge in [0.15, 0.2) is 0 Å². The highest BCUT2D eigenvalue weighted by Gasteiger charge is 2.34. The molecular weight excluding hydrogens is 238 g/mol. The summed E-state index contributed by atoms with van der Waals surface area (Å²) in [5.74, 6) is -1.25. The van der Waals surface area contributed by atoms with Crippen molar-refractivity contribution in [2.24, 2.45) is 0 Å². The van der Waals surface area contributed by atoms with Gasteiger partial charge < -0.3 is 5.11 Å². The second kappa shape index (κ2) is 5.46. The van der Waals surface area contributed by atoms with Crippen molar-refractivity contribution in [1.82, 2.24) is 4.90 Å². The van der Waals surface area contributed by atoms with Crippen LogP contribution in [0.15, 0.2) is 18.2 Å². The largest absolute Gasteiger partial charge is 0.419 e. The van der Waals surface area contributed by atoms with Crippen molar-refractivity contribution in [3.63, 3.8) is 0 Å². The van der Waals surface area contributed by atoms with Crippen LogP contribution in [-0.4, -0.2) is 30.2 Å². The molecule has 96 valence electrons. The molecule has 0 fully saturated rings. The van der Waals surface area contributed by atoms with E-state index in [1.807, 2.05) is 0 Å². The van der Waals surface area contributed by atoms with E-state index < -0.39 is 17.6 Å². The standard InChI is InChI=1S/C11H13F4NO/c1-16(5-6-17)7-8-3-2-4-9(10(8)12)11(13,14)15/h2-4,17H,5-7H2,1H3. The lowest BCUT2D eigenvalue weighted by molar-refractivity contribution is -0.140. The fraction of sp³-hybridized carbons (Fsp3) is 0.455. The molecule has 0 aliphatic heterocycles. The lowest BCUT2D eigenvalue weighted by atomic mass is 10.1. The third-order valence-corrected chi connectivity index (χ3v) is 2.31. The zero-order chi connectivity index (χ0) is 13.1. The van der Waals surface area contributed by atoms with Crippen molar-refractivity contribution >= 4 is 0 Å². The summed E-state index contributed by atoms with van der Waals surface area (Å²) in [5.41, 5.74) is -1.29. The minimum Gasteiger partial charge on any atom is -0.395 e. The van der Waals surface area contributed by atoms with E-state index in [2.05, 4.69) is 0 Å². The summed E-state index contributed by atoms with van der Waals surface area (Å²) in [6, 6.07) is 3.19. The summed E-state index contributed by atoms with van der Waals surface area (Å²) in [4.78, 5) is 1.54. The molecule has 0 amide bonds. The highest BCUT2D eigenvalue weighted by molar-refractivity contribution is 5.28. The number of halogens is 4. The van der Waals surface area contributed by atoms with E-state index in [1.165, 1.54) is 12.1 Å². The molecule has 0 aliphatic rings. The molecule has 1 rings (SSSR count). The molecule has 1 N–H and O–H groups in total. The number of nitrogens with zero attached hydrogens (tertiary/aromatic N) is 1. The fourth-order valence-electron chi connectivity index (χ4n) is 1.46. The summed E-state index contributed by atoms with van der Waals surface area (Å²) >= 11 is 0. The minimum atomic E-state index is -4.68. The molecule has 0 spiro atoms. The average molecular weight is 251 g/mol. The Balaban J connectivity index is 2.95. The lowest BCUT2D eigenvalue weighted by Gasteiger charge is -2.17. The number of rotatable bonds is 4. The summed E-state index contributed by atoms with van der Waals surface area (Å²) < 4.78 is 50.8. The average Bonchev–Trinajstić information content (AvgIpc) is 2.19. The monoisotopic (exact) mass is 251 g/mol. The van der Waals surface area contributed by atoms with Gasteiger partial charge in [0, 0.05) is 18.7 Å². The molecule has 17 heavy (non-hydrogen) atoms. The molecule has 0 unspecified atom stereocenters. The van der Waals surface area contributed by atoms with Crippen LogP contribution in [0.1, 0.15) is 11.1 Å². The molecule has 0 atom stereocenters. The third-order valence-electron chi connectivity index (χ3n) is 2.31. The second-order valence-electron chi connectivity index (χ2n) is 3.74. The van der Waals surface area contributed by atoms with Crippen molar-refractivity contribution in [1.29, 1.82) is 0 Å². The van der Waals surface area contributed by atoms with Gasteiger partial charge in [-0.05, 0) is 13.1 Å². The molecule has 0 aliphatic carbocycles. The predicted molar refractivity (Wildman–Crippen MR) is 54.8 cm³/mol. The molecule has 2 nitrogen and oxygen atoms in total. The Morgan fingerprint density at radius 1 is 1.29 bits per heavy atom. The zero-order valence-corrected chi connectivity index (χ0v) is 9.26. The Kier molecular flexibility index (Phi) is 4.47. The Labute approximate surface area is 96.5 Å². The quantitative estimate of drug-likeness (QED) is 0.830. The molecule has 0 saturated carbocycles. The SMILES string of the molecule is CN(CCO)Cc1cccc(C(F)(F)F)c1F. The number of aliphatic hydroxyl groups excluding tert-OH is 1. The number of aliphatic hydroxyl groups is 1. The molecule has 0 saturated heterocycles. The molecule has 0 bridgehead atoms. The van der Waals surface area contributed by atoms with Crippen LogP contribution in [0, 0.1) is 5.82 Å². The van der Waals surface area contributed by atoms with Crippen LogP contribution < -0.4 is 0 Å². The van der Waals surface area contributed by atoms with E-state index in [1.54, 1.807) is 11.9 Å². The summed E-state index contributed by atoms with van der Waals surface area (Å²) in [6.07, 6.45) is -4.68. The van der Waals surface area contributed by atoms with Gasteiger partial charge in [-0.1, -0.05) is 12.1 Å². The number of likely N-dealkylation sites (N-methyl/N-ethyl adjacent to an activating group) is 1. The van der Waals surface area contributed by atoms with Gasteiger partial charge in [-0.2, -0.15) is 13.2 Å². The fourth-order valence-corrected chi connectivity index (χ4v) is 1.46. The highest BCUT2D eigenvalue weighted by atomic mass is 19.4. The minimum absolute atomic E-state index is 0.0241. The van der Waals surface area contributed by atoms with E-state index in [4.69, 9.17) is 5.11 Å². The van der Waals surface area contributed by atoms with Gasteiger partial charge in [-0.3, -0.25) is 4.90 Å². The van der Waals surface area contributed by atoms with Crippen molar-refractivity contribution in [3.8, 4) is 0 Å². The van der Waals surface area contributed by atoms with Gasteiger partial charge in [0.2, 0.25) is 0 Å². The van der Waals surface area contributed by atoms with Gasteiger partial charge in [0.25, 0.3) is 0 Å². The Bertz CT molecular complexity index is 378. The maximum atomic E-state index is 13.6. The van der Waals surface area contributed by atoms with Gasteiger partial charge in [0.05, 0.1) is 12.2 Å². The first-order chi connectivity index (χ1) is 7.86. The van der Waals surface area contributed by atoms with Crippen molar-refractivity contribution in [2.45, 2.75) is 12.7 Å². The van der Waals surface area contributed by atoms with Crippen LogP contribution in [0.25, 0.3) is 0 Å². The van der Waals surface area contributed by atoms with Gasteiger partial charge >= 0.3 is 6.18 Å². The summed E-state index contributed by atoms with van der Waals surface area (Å²) in [7, 11) is 1.59. The molecule has 0 heterocycles. The van der Waals surface area contributed by atoms with E-state index in [0.29, 0.717) is 6.07 Å². The molecule has 1 aromatic rings. The van der Waals surface area contributed by atoms with Crippen LogP contribution in [-0.2, 0) is 12.7 Å². The van der Waals surface area contributed by atoms with Crippen LogP contribution >= 0.6 is 0 Å². The first kappa shape index (κ1) is 13.9. The van der Waals surface area contributed by atoms with Gasteiger partial charge in [-0.25, -0.2) is 4.39 Å². The van der Waals surface area contributed by atoms with Crippen LogP contribution in [0.5, 0.6) is 0 Å². The first-order valence-corrected chi connectivity index (χ1v) is 5.00. The van der Waals surface area contributed by atoms with E-state index in [9.17, 15) is 17.6 Å². The topological polar surface area (TPSA) is 23.5 Å². The number of hydrogen-bond donors (Lipinski definition) is 1. The van der Waals surface area contributed by atoms with Crippen LogP contribution in [0.4, 0.5) is 17.6 Å². The third kappa shape index (κ3) is 3.67. The Morgan fingerprint density at radius 3 is 2.47 bits per heavy atom. The van der Waals surface area contributed by atoms with Crippen LogP contribution in [0.2, 0.25) is 0 Å². The Hall–Kier alpha value is -1.14. The Morgan fingerprint density at radius 2 is 1.94 bits per heavy atom. The highest BCUT2D eigenvalue weighted by Crippen LogP contribution is 2.32. The van der Waals surface area contributed by atoms with Gasteiger partial charge in [0.1, 0.15) is 5.82 Å². The first-order valence-electron chi connectivity index (χ1n) is 5.00. The molecule has 0 radical (unpaired) electrons. The maximum absolute atomic E-state index is 13.6. The molecule has 0 aromatic heterocycles. The summed E-state index contributed by atoms with van der Waals surface area (Å²) in [5, 5.41) is 8.65. The molecular formula is C11H13F4NO. The summed E-state index contributed by atoms with van der Waals surface area (Å²) in [6.45, 7) is 0.170. The van der Waals surface area contributed by atoms with E-state index in [0.717, 1.165) is 0 Å². The zero-order valence-electron chi connectivity index (χ0n) is 9.26. The van der Waals surface area contributed by atoms with Gasteiger partial charge in [-0.15, -0.1) is 0 Å². The van der Waals surface area contributed by atoms with Crippen molar-refractivity contribution < 1.29 is 22.7 Å². The smallest absolute Gasteiger partial charge is 0.395 e. The molecule has 1 aromatic carbocycles. The number of benzene rings is 1. The molecule has 6 heteroatoms. The van der Waals surface area contributed by atoms with Crippen molar-refractivity contribution in [2.75, 3.05) is 20.2 Å². The van der Waals surface area contributed by atoms with Crippen molar-refractivity contribution in [3.05, 3.63) is 35.1 Å².